The van der Waals surface area contributed by atoms with E-state index < -0.39 is 11.9 Å². The van der Waals surface area contributed by atoms with Crippen molar-refractivity contribution in [2.24, 2.45) is 0 Å². The van der Waals surface area contributed by atoms with Crippen LogP contribution in [0.15, 0.2) is 29.1 Å². The Balaban J connectivity index is 2.63. The Bertz CT molecular complexity index is 660. The van der Waals surface area contributed by atoms with Gasteiger partial charge in [0.1, 0.15) is 5.75 Å². The molecule has 2 aromatic rings. The molecule has 0 saturated heterocycles. The summed E-state index contributed by atoms with van der Waals surface area (Å²) in [4.78, 5) is 25.4. The van der Waals surface area contributed by atoms with Crippen LogP contribution in [0.5, 0.6) is 5.75 Å². The molecule has 5 heteroatoms. The molecule has 0 aliphatic rings. The van der Waals surface area contributed by atoms with Gasteiger partial charge in [-0.2, -0.15) is 0 Å². The third-order valence-electron chi connectivity index (χ3n) is 2.92. The van der Waals surface area contributed by atoms with Crippen LogP contribution in [-0.4, -0.2) is 23.2 Å². The number of H-pyrrole nitrogens is 1. The van der Waals surface area contributed by atoms with E-state index in [4.69, 9.17) is 9.84 Å². The van der Waals surface area contributed by atoms with Gasteiger partial charge in [0.05, 0.1) is 18.5 Å². The van der Waals surface area contributed by atoms with Crippen LogP contribution in [0.2, 0.25) is 0 Å². The third-order valence-corrected chi connectivity index (χ3v) is 2.92. The molecular formula is C13H13NO4. The molecule has 0 radical (unpaired) electrons. The van der Waals surface area contributed by atoms with Crippen molar-refractivity contribution in [1.29, 1.82) is 0 Å². The van der Waals surface area contributed by atoms with Crippen molar-refractivity contribution in [2.45, 2.75) is 12.8 Å². The van der Waals surface area contributed by atoms with Crippen molar-refractivity contribution in [3.63, 3.8) is 0 Å². The molecule has 0 saturated carbocycles. The Hall–Kier alpha value is -2.30. The quantitative estimate of drug-likeness (QED) is 0.865. The van der Waals surface area contributed by atoms with E-state index in [1.807, 2.05) is 0 Å². The van der Waals surface area contributed by atoms with E-state index >= 15 is 0 Å². The molecule has 0 aliphatic heterocycles. The van der Waals surface area contributed by atoms with Gasteiger partial charge in [0.15, 0.2) is 0 Å². The number of ether oxygens (including phenoxy) is 1. The zero-order valence-corrected chi connectivity index (χ0v) is 10.1. The largest absolute Gasteiger partial charge is 0.497 e. The zero-order chi connectivity index (χ0) is 13.3. The number of carboxylic acid groups (broad SMARTS) is 1. The number of pyridine rings is 1. The van der Waals surface area contributed by atoms with Crippen LogP contribution in [0.25, 0.3) is 10.9 Å². The number of nitrogens with one attached hydrogen (secondary N) is 1. The van der Waals surface area contributed by atoms with Gasteiger partial charge >= 0.3 is 5.97 Å². The Morgan fingerprint density at radius 3 is 2.72 bits per heavy atom. The first-order valence-corrected chi connectivity index (χ1v) is 5.46. The number of fused-ring (bicyclic) bond motifs is 1. The SMILES string of the molecule is COc1ccc2cc(C(C)C(=O)O)c(=O)[nH]c2c1. The number of hydrogen-bond acceptors (Lipinski definition) is 3. The Morgan fingerprint density at radius 1 is 1.39 bits per heavy atom. The highest BCUT2D eigenvalue weighted by Gasteiger charge is 2.17. The minimum atomic E-state index is -1.02. The smallest absolute Gasteiger partial charge is 0.310 e. The fourth-order valence-electron chi connectivity index (χ4n) is 1.78. The summed E-state index contributed by atoms with van der Waals surface area (Å²) >= 11 is 0. The van der Waals surface area contributed by atoms with Gasteiger partial charge in [0.2, 0.25) is 0 Å². The minimum Gasteiger partial charge on any atom is -0.497 e. The van der Waals surface area contributed by atoms with Gasteiger partial charge in [-0.15, -0.1) is 0 Å². The molecule has 2 N–H and O–H groups in total. The first kappa shape index (κ1) is 12.2. The Labute approximate surface area is 103 Å². The maximum absolute atomic E-state index is 11.8. The second-order valence-electron chi connectivity index (χ2n) is 4.07. The highest BCUT2D eigenvalue weighted by molar-refractivity contribution is 5.83. The predicted molar refractivity (Wildman–Crippen MR) is 67.2 cm³/mol. The summed E-state index contributed by atoms with van der Waals surface area (Å²) in [7, 11) is 1.54. The monoisotopic (exact) mass is 247 g/mol. The standard InChI is InChI=1S/C13H13NO4/c1-7(13(16)17)10-5-8-3-4-9(18-2)6-11(8)14-12(10)15/h3-7H,1-2H3,(H,14,15)(H,16,17). The second kappa shape index (κ2) is 4.52. The van der Waals surface area contributed by atoms with Crippen LogP contribution < -0.4 is 10.3 Å². The van der Waals surface area contributed by atoms with Crippen molar-refractivity contribution in [3.05, 3.63) is 40.2 Å². The van der Waals surface area contributed by atoms with E-state index in [0.29, 0.717) is 11.3 Å². The van der Waals surface area contributed by atoms with E-state index in [1.165, 1.54) is 6.92 Å². The van der Waals surface area contributed by atoms with Crippen molar-refractivity contribution in [2.75, 3.05) is 7.11 Å². The van der Waals surface area contributed by atoms with Crippen LogP contribution >= 0.6 is 0 Å². The average molecular weight is 247 g/mol. The molecule has 0 fully saturated rings. The lowest BCUT2D eigenvalue weighted by molar-refractivity contribution is -0.138. The molecule has 0 spiro atoms. The first-order chi connectivity index (χ1) is 8.52. The van der Waals surface area contributed by atoms with Crippen molar-refractivity contribution in [1.82, 2.24) is 4.98 Å². The molecule has 1 unspecified atom stereocenters. The number of aliphatic carboxylic acids is 1. The molecule has 1 atom stereocenters. The third kappa shape index (κ3) is 2.07. The van der Waals surface area contributed by atoms with E-state index in [-0.39, 0.29) is 11.1 Å². The summed E-state index contributed by atoms with van der Waals surface area (Å²) in [6, 6.07) is 6.84. The number of carboxylic acids is 1. The Kier molecular flexibility index (Phi) is 3.06. The van der Waals surface area contributed by atoms with Crippen LogP contribution in [0.1, 0.15) is 18.4 Å². The molecule has 94 valence electrons. The van der Waals surface area contributed by atoms with Gasteiger partial charge in [0.25, 0.3) is 5.56 Å². The second-order valence-corrected chi connectivity index (χ2v) is 4.07. The van der Waals surface area contributed by atoms with E-state index in [1.54, 1.807) is 31.4 Å². The van der Waals surface area contributed by atoms with Crippen molar-refractivity contribution >= 4 is 16.9 Å². The van der Waals surface area contributed by atoms with Crippen LogP contribution in [-0.2, 0) is 4.79 Å². The number of carbonyl (C=O) groups is 1. The van der Waals surface area contributed by atoms with Gasteiger partial charge in [-0.1, -0.05) is 0 Å². The molecule has 1 aromatic carbocycles. The molecule has 1 heterocycles. The molecule has 0 bridgehead atoms. The van der Waals surface area contributed by atoms with Crippen LogP contribution in [0.4, 0.5) is 0 Å². The predicted octanol–water partition coefficient (Wildman–Crippen LogP) is 1.72. The minimum absolute atomic E-state index is 0.250. The van der Waals surface area contributed by atoms with Gasteiger partial charge in [-0.25, -0.2) is 0 Å². The summed E-state index contributed by atoms with van der Waals surface area (Å²) in [5.41, 5.74) is 0.492. The lowest BCUT2D eigenvalue weighted by atomic mass is 10.0. The maximum atomic E-state index is 11.8. The zero-order valence-electron chi connectivity index (χ0n) is 10.1. The lowest BCUT2D eigenvalue weighted by Gasteiger charge is -2.08. The van der Waals surface area contributed by atoms with Crippen LogP contribution in [0.3, 0.4) is 0 Å². The van der Waals surface area contributed by atoms with E-state index in [0.717, 1.165) is 5.39 Å². The van der Waals surface area contributed by atoms with Crippen molar-refractivity contribution < 1.29 is 14.6 Å². The summed E-state index contributed by atoms with van der Waals surface area (Å²) in [6.45, 7) is 1.49. The first-order valence-electron chi connectivity index (χ1n) is 5.46. The molecule has 0 amide bonds. The number of aromatic amines is 1. The topological polar surface area (TPSA) is 79.4 Å². The van der Waals surface area contributed by atoms with Gasteiger partial charge < -0.3 is 14.8 Å². The molecule has 2 rings (SSSR count). The van der Waals surface area contributed by atoms with Gasteiger partial charge in [-0.05, 0) is 30.5 Å². The average Bonchev–Trinajstić information content (AvgIpc) is 2.36. The number of hydrogen-bond donors (Lipinski definition) is 2. The Morgan fingerprint density at radius 2 is 2.11 bits per heavy atom. The summed E-state index contributed by atoms with van der Waals surface area (Å²) in [6.07, 6.45) is 0. The molecular weight excluding hydrogens is 234 g/mol. The van der Waals surface area contributed by atoms with E-state index in [2.05, 4.69) is 4.98 Å². The van der Waals surface area contributed by atoms with Gasteiger partial charge in [-0.3, -0.25) is 9.59 Å². The number of rotatable bonds is 3. The fraction of sp³-hybridized carbons (Fsp3) is 0.231. The summed E-state index contributed by atoms with van der Waals surface area (Å²) < 4.78 is 5.06. The summed E-state index contributed by atoms with van der Waals surface area (Å²) in [5, 5.41) is 9.72. The fourth-order valence-corrected chi connectivity index (χ4v) is 1.78. The van der Waals surface area contributed by atoms with Gasteiger partial charge in [0, 0.05) is 11.6 Å². The number of benzene rings is 1. The maximum Gasteiger partial charge on any atom is 0.310 e. The molecule has 5 nitrogen and oxygen atoms in total. The van der Waals surface area contributed by atoms with Crippen LogP contribution in [0, 0.1) is 0 Å². The lowest BCUT2D eigenvalue weighted by Crippen LogP contribution is -2.19. The highest BCUT2D eigenvalue weighted by Crippen LogP contribution is 2.21. The van der Waals surface area contributed by atoms with E-state index in [9.17, 15) is 9.59 Å². The normalized spacial score (nSPS) is 12.3. The number of aromatic nitrogens is 1. The molecule has 0 aliphatic carbocycles. The number of methoxy groups -OCH3 is 1. The molecule has 18 heavy (non-hydrogen) atoms. The van der Waals surface area contributed by atoms with Crippen molar-refractivity contribution in [3.8, 4) is 5.75 Å². The highest BCUT2D eigenvalue weighted by atomic mass is 16.5. The molecule has 1 aromatic heterocycles. The summed E-state index contributed by atoms with van der Waals surface area (Å²) in [5.74, 6) is -1.22.